The van der Waals surface area contributed by atoms with Crippen LogP contribution in [0.25, 0.3) is 11.0 Å². The van der Waals surface area contributed by atoms with Crippen LogP contribution in [0.15, 0.2) is 45.6 Å². The topological polar surface area (TPSA) is 123 Å². The van der Waals surface area contributed by atoms with Gasteiger partial charge in [0.1, 0.15) is 34.2 Å². The molecular formula is C26H28O8. The van der Waals surface area contributed by atoms with Crippen LogP contribution in [0.1, 0.15) is 54.8 Å². The molecule has 0 fully saturated rings. The lowest BCUT2D eigenvalue weighted by molar-refractivity contribution is -0.137. The standard InChI is InChI=1S/C26H28O8/c1-3-6-19-22(11-10-18-21(29)15-17(34-26(18)19)9-12-24(30)31)32-13-5-14-33-23-8-4-7-20(28)25(23)16(2)27/h4,7-8,10-11,15,28H,3,5-6,9,12-14H2,1-2H3,(H,30,31). The van der Waals surface area contributed by atoms with Crippen molar-refractivity contribution in [3.8, 4) is 17.2 Å². The van der Waals surface area contributed by atoms with E-state index in [1.165, 1.54) is 19.1 Å². The summed E-state index contributed by atoms with van der Waals surface area (Å²) in [5, 5.41) is 19.3. The maximum Gasteiger partial charge on any atom is 0.303 e. The van der Waals surface area contributed by atoms with Crippen LogP contribution in [-0.4, -0.2) is 35.2 Å². The maximum absolute atomic E-state index is 12.5. The molecule has 0 aliphatic rings. The van der Waals surface area contributed by atoms with Gasteiger partial charge in [-0.25, -0.2) is 0 Å². The van der Waals surface area contributed by atoms with Crippen molar-refractivity contribution in [3.05, 3.63) is 63.5 Å². The number of aromatic hydroxyl groups is 1. The number of benzene rings is 2. The molecule has 180 valence electrons. The van der Waals surface area contributed by atoms with Crippen LogP contribution in [0.3, 0.4) is 0 Å². The number of ether oxygens (including phenoxy) is 2. The first-order valence-electron chi connectivity index (χ1n) is 11.2. The SMILES string of the molecule is CCCc1c(OCCCOc2cccc(O)c2C(C)=O)ccc2c(=O)cc(CCC(=O)O)oc12. The summed E-state index contributed by atoms with van der Waals surface area (Å²) < 4.78 is 17.6. The molecule has 0 aliphatic heterocycles. The van der Waals surface area contributed by atoms with Crippen molar-refractivity contribution in [2.24, 2.45) is 0 Å². The molecule has 0 unspecified atom stereocenters. The Bertz CT molecular complexity index is 1240. The van der Waals surface area contributed by atoms with E-state index in [9.17, 15) is 19.5 Å². The third-order valence-corrected chi connectivity index (χ3v) is 5.25. The van der Waals surface area contributed by atoms with Gasteiger partial charge in [-0.05, 0) is 37.6 Å². The zero-order valence-electron chi connectivity index (χ0n) is 19.3. The molecule has 8 heteroatoms. The van der Waals surface area contributed by atoms with Gasteiger partial charge in [0.2, 0.25) is 0 Å². The van der Waals surface area contributed by atoms with E-state index in [-0.39, 0.29) is 42.0 Å². The molecule has 0 aliphatic carbocycles. The number of carbonyl (C=O) groups excluding carboxylic acids is 1. The number of carbonyl (C=O) groups is 2. The highest BCUT2D eigenvalue weighted by Crippen LogP contribution is 2.30. The summed E-state index contributed by atoms with van der Waals surface area (Å²) in [4.78, 5) is 35.2. The van der Waals surface area contributed by atoms with Crippen molar-refractivity contribution in [1.29, 1.82) is 0 Å². The Morgan fingerprint density at radius 3 is 2.44 bits per heavy atom. The molecule has 1 aromatic heterocycles. The van der Waals surface area contributed by atoms with Crippen LogP contribution in [-0.2, 0) is 17.6 Å². The molecule has 0 bridgehead atoms. The van der Waals surface area contributed by atoms with Crippen molar-refractivity contribution in [2.75, 3.05) is 13.2 Å². The minimum Gasteiger partial charge on any atom is -0.507 e. The quantitative estimate of drug-likeness (QED) is 0.294. The molecule has 0 saturated heterocycles. The summed E-state index contributed by atoms with van der Waals surface area (Å²) >= 11 is 0. The van der Waals surface area contributed by atoms with Gasteiger partial charge in [-0.2, -0.15) is 0 Å². The van der Waals surface area contributed by atoms with E-state index < -0.39 is 5.97 Å². The lowest BCUT2D eigenvalue weighted by Gasteiger charge is -2.14. The Morgan fingerprint density at radius 1 is 1.03 bits per heavy atom. The summed E-state index contributed by atoms with van der Waals surface area (Å²) in [6.07, 6.45) is 1.94. The number of aryl methyl sites for hydroxylation is 2. The molecule has 34 heavy (non-hydrogen) atoms. The Balaban J connectivity index is 1.72. The largest absolute Gasteiger partial charge is 0.507 e. The highest BCUT2D eigenvalue weighted by Gasteiger charge is 2.16. The zero-order chi connectivity index (χ0) is 24.7. The summed E-state index contributed by atoms with van der Waals surface area (Å²) in [5.41, 5.74) is 1.12. The van der Waals surface area contributed by atoms with Crippen molar-refractivity contribution < 1.29 is 33.7 Å². The number of hydrogen-bond donors (Lipinski definition) is 2. The fourth-order valence-electron chi connectivity index (χ4n) is 3.70. The molecule has 2 aromatic carbocycles. The van der Waals surface area contributed by atoms with E-state index in [4.69, 9.17) is 19.0 Å². The van der Waals surface area contributed by atoms with Crippen molar-refractivity contribution in [1.82, 2.24) is 0 Å². The van der Waals surface area contributed by atoms with Gasteiger partial charge in [-0.1, -0.05) is 19.4 Å². The first-order valence-corrected chi connectivity index (χ1v) is 11.2. The van der Waals surface area contributed by atoms with Gasteiger partial charge >= 0.3 is 5.97 Å². The molecule has 0 spiro atoms. The molecule has 0 atom stereocenters. The number of ketones is 1. The lowest BCUT2D eigenvalue weighted by Crippen LogP contribution is -2.09. The van der Waals surface area contributed by atoms with Crippen LogP contribution in [0.5, 0.6) is 17.2 Å². The van der Waals surface area contributed by atoms with E-state index in [1.54, 1.807) is 24.3 Å². The second-order valence-electron chi connectivity index (χ2n) is 7.90. The molecule has 3 rings (SSSR count). The number of carboxylic acid groups (broad SMARTS) is 1. The second-order valence-corrected chi connectivity index (χ2v) is 7.90. The Morgan fingerprint density at radius 2 is 1.76 bits per heavy atom. The zero-order valence-corrected chi connectivity index (χ0v) is 19.3. The number of hydrogen-bond acceptors (Lipinski definition) is 7. The van der Waals surface area contributed by atoms with Crippen LogP contribution in [0, 0.1) is 0 Å². The Labute approximate surface area is 196 Å². The van der Waals surface area contributed by atoms with Gasteiger partial charge in [0.15, 0.2) is 11.2 Å². The summed E-state index contributed by atoms with van der Waals surface area (Å²) in [6, 6.07) is 9.41. The van der Waals surface area contributed by atoms with Crippen molar-refractivity contribution in [2.45, 2.75) is 46.0 Å². The van der Waals surface area contributed by atoms with Crippen LogP contribution >= 0.6 is 0 Å². The molecule has 0 radical (unpaired) electrons. The van der Waals surface area contributed by atoms with Crippen LogP contribution < -0.4 is 14.9 Å². The number of rotatable bonds is 12. The predicted molar refractivity (Wildman–Crippen MR) is 126 cm³/mol. The monoisotopic (exact) mass is 468 g/mol. The highest BCUT2D eigenvalue weighted by molar-refractivity contribution is 5.99. The minimum atomic E-state index is -0.961. The van der Waals surface area contributed by atoms with Gasteiger partial charge < -0.3 is 24.1 Å². The van der Waals surface area contributed by atoms with Crippen LogP contribution in [0.2, 0.25) is 0 Å². The third kappa shape index (κ3) is 5.95. The Hall–Kier alpha value is -3.81. The molecule has 0 saturated carbocycles. The molecule has 3 aromatic rings. The number of phenols is 1. The molecule has 1 heterocycles. The van der Waals surface area contributed by atoms with Gasteiger partial charge in [0.05, 0.1) is 25.0 Å². The van der Waals surface area contributed by atoms with Crippen LogP contribution in [0.4, 0.5) is 0 Å². The van der Waals surface area contributed by atoms with Crippen molar-refractivity contribution >= 4 is 22.7 Å². The van der Waals surface area contributed by atoms with Gasteiger partial charge in [0.25, 0.3) is 0 Å². The van der Waals surface area contributed by atoms with E-state index in [1.807, 2.05) is 6.92 Å². The number of carboxylic acids is 1. The molecule has 8 nitrogen and oxygen atoms in total. The molecule has 2 N–H and O–H groups in total. The Kier molecular flexibility index (Phi) is 8.29. The first-order chi connectivity index (χ1) is 16.3. The smallest absolute Gasteiger partial charge is 0.303 e. The molecule has 0 amide bonds. The van der Waals surface area contributed by atoms with E-state index >= 15 is 0 Å². The van der Waals surface area contributed by atoms with E-state index in [0.717, 1.165) is 12.0 Å². The highest BCUT2D eigenvalue weighted by atomic mass is 16.5. The average Bonchev–Trinajstić information content (AvgIpc) is 2.78. The average molecular weight is 469 g/mol. The summed E-state index contributed by atoms with van der Waals surface area (Å²) in [7, 11) is 0. The van der Waals surface area contributed by atoms with E-state index in [2.05, 4.69) is 0 Å². The minimum absolute atomic E-state index is 0.120. The van der Waals surface area contributed by atoms with Gasteiger partial charge in [0, 0.05) is 24.5 Å². The fourth-order valence-corrected chi connectivity index (χ4v) is 3.70. The fraction of sp³-hybridized carbons (Fsp3) is 0.346. The van der Waals surface area contributed by atoms with Crippen molar-refractivity contribution in [3.63, 3.8) is 0 Å². The summed E-state index contributed by atoms with van der Waals surface area (Å²) in [6.45, 7) is 3.96. The third-order valence-electron chi connectivity index (χ3n) is 5.25. The first kappa shape index (κ1) is 24.8. The predicted octanol–water partition coefficient (Wildman–Crippen LogP) is 4.52. The van der Waals surface area contributed by atoms with Gasteiger partial charge in [-0.3, -0.25) is 14.4 Å². The molecular weight excluding hydrogens is 440 g/mol. The normalized spacial score (nSPS) is 10.9. The van der Waals surface area contributed by atoms with E-state index in [0.29, 0.717) is 47.7 Å². The lowest BCUT2D eigenvalue weighted by atomic mass is 10.0. The second kappa shape index (κ2) is 11.4. The number of phenolic OH excluding ortho intramolecular Hbond substituents is 1. The number of fused-ring (bicyclic) bond motifs is 1. The van der Waals surface area contributed by atoms with Gasteiger partial charge in [-0.15, -0.1) is 0 Å². The summed E-state index contributed by atoms with van der Waals surface area (Å²) in [5.74, 6) is -0.123. The maximum atomic E-state index is 12.5. The number of aliphatic carboxylic acids is 1. The number of Topliss-reactive ketones (excluding diaryl/α,β-unsaturated/α-hetero) is 1.